The number of hydrogen-bond acceptors (Lipinski definition) is 4. The van der Waals surface area contributed by atoms with Crippen molar-refractivity contribution in [1.82, 2.24) is 0 Å². The number of esters is 1. The number of ketones is 1. The zero-order valence-corrected chi connectivity index (χ0v) is 18.1. The molecule has 158 valence electrons. The van der Waals surface area contributed by atoms with Crippen LogP contribution < -0.4 is 0 Å². The van der Waals surface area contributed by atoms with Crippen molar-refractivity contribution in [2.24, 2.45) is 11.8 Å². The van der Waals surface area contributed by atoms with Crippen molar-refractivity contribution in [1.29, 1.82) is 0 Å². The Kier molecular flexibility index (Phi) is 9.17. The van der Waals surface area contributed by atoms with Crippen LogP contribution in [0.4, 0.5) is 0 Å². The zero-order valence-electron chi connectivity index (χ0n) is 18.1. The van der Waals surface area contributed by atoms with E-state index in [1.165, 1.54) is 11.1 Å². The van der Waals surface area contributed by atoms with E-state index in [2.05, 4.69) is 38.2 Å². The number of rotatable bonds is 11. The first-order valence-electron chi connectivity index (χ1n) is 10.6. The molecule has 1 fully saturated rings. The van der Waals surface area contributed by atoms with Crippen molar-refractivity contribution in [3.05, 3.63) is 59.6 Å². The molecule has 0 N–H and O–H groups in total. The minimum absolute atomic E-state index is 0.0917. The van der Waals surface area contributed by atoms with E-state index < -0.39 is 18.0 Å². The number of allylic oxidation sites excluding steroid dienone is 5. The molecular weight excluding hydrogens is 364 g/mol. The predicted octanol–water partition coefficient (Wildman–Crippen LogP) is 5.99. The molecule has 1 saturated heterocycles. The van der Waals surface area contributed by atoms with Crippen LogP contribution in [-0.2, 0) is 20.7 Å². The highest BCUT2D eigenvalue weighted by Crippen LogP contribution is 2.22. The summed E-state index contributed by atoms with van der Waals surface area (Å²) in [5.74, 6) is -0.609. The van der Waals surface area contributed by atoms with Crippen LogP contribution in [0.25, 0.3) is 0 Å². The van der Waals surface area contributed by atoms with E-state index in [9.17, 15) is 9.59 Å². The van der Waals surface area contributed by atoms with Gasteiger partial charge in [-0.2, -0.15) is 0 Å². The molecule has 4 nitrogen and oxygen atoms in total. The van der Waals surface area contributed by atoms with Gasteiger partial charge in [0.25, 0.3) is 0 Å². The number of furan rings is 1. The first kappa shape index (κ1) is 22.9. The van der Waals surface area contributed by atoms with Gasteiger partial charge in [-0.05, 0) is 70.4 Å². The molecule has 2 heterocycles. The normalized spacial score (nSPS) is 21.8. The number of cyclic esters (lactones) is 1. The Balaban J connectivity index is 1.64. The summed E-state index contributed by atoms with van der Waals surface area (Å²) in [6, 6.07) is 2.02. The van der Waals surface area contributed by atoms with Gasteiger partial charge in [0.2, 0.25) is 0 Å². The molecule has 4 heteroatoms. The highest BCUT2D eigenvalue weighted by atomic mass is 16.6. The number of carbonyl (C=O) groups excluding carboxylic acids is 2. The van der Waals surface area contributed by atoms with Gasteiger partial charge in [0.1, 0.15) is 5.92 Å². The molecule has 3 unspecified atom stereocenters. The van der Waals surface area contributed by atoms with Crippen LogP contribution in [0, 0.1) is 11.8 Å². The van der Waals surface area contributed by atoms with Crippen LogP contribution >= 0.6 is 0 Å². The lowest BCUT2D eigenvalue weighted by molar-refractivity contribution is -0.144. The van der Waals surface area contributed by atoms with Gasteiger partial charge in [-0.15, -0.1) is 0 Å². The van der Waals surface area contributed by atoms with Gasteiger partial charge < -0.3 is 9.15 Å². The minimum atomic E-state index is -0.611. The topological polar surface area (TPSA) is 56.5 Å². The summed E-state index contributed by atoms with van der Waals surface area (Å²) in [7, 11) is 0. The number of ether oxygens (including phenoxy) is 1. The minimum Gasteiger partial charge on any atom is -0.472 e. The molecule has 0 saturated carbocycles. The van der Waals surface area contributed by atoms with Crippen LogP contribution in [0.5, 0.6) is 0 Å². The van der Waals surface area contributed by atoms with E-state index in [0.717, 1.165) is 37.7 Å². The second kappa shape index (κ2) is 11.6. The Hall–Kier alpha value is -2.36. The fraction of sp³-hybridized carbons (Fsp3) is 0.520. The van der Waals surface area contributed by atoms with Crippen LogP contribution in [0.2, 0.25) is 0 Å². The number of Topliss-reactive ketones (excluding diaryl/α,β-unsaturated/α-hetero) is 1. The van der Waals surface area contributed by atoms with E-state index >= 15 is 0 Å². The van der Waals surface area contributed by atoms with E-state index in [1.807, 2.05) is 19.3 Å². The molecule has 0 aromatic carbocycles. The Morgan fingerprint density at radius 3 is 2.69 bits per heavy atom. The van der Waals surface area contributed by atoms with E-state index in [1.54, 1.807) is 13.2 Å². The fourth-order valence-corrected chi connectivity index (χ4v) is 3.40. The number of hydrogen-bond donors (Lipinski definition) is 0. The Morgan fingerprint density at radius 1 is 1.24 bits per heavy atom. The molecule has 0 aliphatic carbocycles. The third-order valence-corrected chi connectivity index (χ3v) is 5.42. The van der Waals surface area contributed by atoms with Gasteiger partial charge >= 0.3 is 5.97 Å². The third kappa shape index (κ3) is 7.88. The first-order valence-corrected chi connectivity index (χ1v) is 10.6. The quantitative estimate of drug-likeness (QED) is 0.199. The molecule has 0 radical (unpaired) electrons. The maximum absolute atomic E-state index is 11.9. The Bertz CT molecular complexity index is 752. The summed E-state index contributed by atoms with van der Waals surface area (Å²) in [5, 5.41) is 0. The summed E-state index contributed by atoms with van der Waals surface area (Å²) in [4.78, 5) is 23.4. The smallest absolute Gasteiger partial charge is 0.317 e. The summed E-state index contributed by atoms with van der Waals surface area (Å²) >= 11 is 0. The van der Waals surface area contributed by atoms with Crippen molar-refractivity contribution in [3.63, 3.8) is 0 Å². The Morgan fingerprint density at radius 2 is 2.03 bits per heavy atom. The van der Waals surface area contributed by atoms with Crippen molar-refractivity contribution < 1.29 is 18.7 Å². The zero-order chi connectivity index (χ0) is 21.2. The molecule has 3 atom stereocenters. The van der Waals surface area contributed by atoms with Gasteiger partial charge in [0.15, 0.2) is 11.9 Å². The first-order chi connectivity index (χ1) is 13.9. The molecule has 0 spiro atoms. The van der Waals surface area contributed by atoms with Crippen LogP contribution in [0.3, 0.4) is 0 Å². The maximum Gasteiger partial charge on any atom is 0.317 e. The van der Waals surface area contributed by atoms with E-state index in [0.29, 0.717) is 12.3 Å². The Labute approximate surface area is 174 Å². The third-order valence-electron chi connectivity index (χ3n) is 5.42. The van der Waals surface area contributed by atoms with Gasteiger partial charge in [-0.1, -0.05) is 42.4 Å². The lowest BCUT2D eigenvalue weighted by Gasteiger charge is -2.09. The van der Waals surface area contributed by atoms with Gasteiger partial charge in [-0.3, -0.25) is 9.59 Å². The van der Waals surface area contributed by atoms with E-state index in [-0.39, 0.29) is 5.78 Å². The van der Waals surface area contributed by atoms with Crippen molar-refractivity contribution in [2.45, 2.75) is 72.3 Å². The summed E-state index contributed by atoms with van der Waals surface area (Å²) in [6.45, 7) is 8.01. The average molecular weight is 399 g/mol. The van der Waals surface area contributed by atoms with Crippen molar-refractivity contribution in [3.8, 4) is 0 Å². The standard InChI is InChI=1S/C25H34O4/c1-18(8-5-9-19(2)11-7-13-22-14-15-28-17-22)10-6-12-20(3)16-23-24(26)21(4)25(27)29-23/h5,8-9,12,14-15,17-18,21,23H,6-7,10-11,13,16H2,1-4H3. The second-order valence-corrected chi connectivity index (χ2v) is 8.24. The summed E-state index contributed by atoms with van der Waals surface area (Å²) < 4.78 is 10.2. The van der Waals surface area contributed by atoms with Gasteiger partial charge in [0, 0.05) is 6.42 Å². The largest absolute Gasteiger partial charge is 0.472 e. The monoisotopic (exact) mass is 398 g/mol. The SMILES string of the molecule is CC(=CC=CC(C)CCC=C(C)CC1OC(=O)C(C)C1=O)CCCc1ccoc1. The molecule has 1 aromatic heterocycles. The highest BCUT2D eigenvalue weighted by Gasteiger charge is 2.39. The molecule has 0 amide bonds. The maximum atomic E-state index is 11.9. The fourth-order valence-electron chi connectivity index (χ4n) is 3.40. The molecule has 2 rings (SSSR count). The van der Waals surface area contributed by atoms with Gasteiger partial charge in [0.05, 0.1) is 12.5 Å². The number of aryl methyl sites for hydroxylation is 1. The number of carbonyl (C=O) groups is 2. The second-order valence-electron chi connectivity index (χ2n) is 8.24. The van der Waals surface area contributed by atoms with Crippen LogP contribution in [-0.4, -0.2) is 17.9 Å². The lowest BCUT2D eigenvalue weighted by atomic mass is 9.98. The molecule has 1 aromatic rings. The highest BCUT2D eigenvalue weighted by molar-refractivity contribution is 6.06. The molecule has 29 heavy (non-hydrogen) atoms. The van der Waals surface area contributed by atoms with Gasteiger partial charge in [-0.25, -0.2) is 0 Å². The molecule has 0 bridgehead atoms. The molecule has 1 aliphatic heterocycles. The summed E-state index contributed by atoms with van der Waals surface area (Å²) in [5.41, 5.74) is 3.75. The van der Waals surface area contributed by atoms with Crippen molar-refractivity contribution >= 4 is 11.8 Å². The summed E-state index contributed by atoms with van der Waals surface area (Å²) in [6.07, 6.45) is 17.5. The predicted molar refractivity (Wildman–Crippen MR) is 115 cm³/mol. The molecule has 1 aliphatic rings. The molecular formula is C25H34O4. The van der Waals surface area contributed by atoms with Crippen LogP contribution in [0.1, 0.15) is 65.4 Å². The van der Waals surface area contributed by atoms with Crippen molar-refractivity contribution in [2.75, 3.05) is 0 Å². The lowest BCUT2D eigenvalue weighted by Crippen LogP contribution is -2.18. The van der Waals surface area contributed by atoms with E-state index in [4.69, 9.17) is 9.15 Å². The van der Waals surface area contributed by atoms with Crippen LogP contribution in [0.15, 0.2) is 58.5 Å². The average Bonchev–Trinajstić information content (AvgIpc) is 3.27.